The zero-order chi connectivity index (χ0) is 21.9. The smallest absolute Gasteiger partial charge is 0.193 e. The highest BCUT2D eigenvalue weighted by atomic mass is 16.5. The number of aliphatic imine (C=N–C) groups is 1. The Hall–Kier alpha value is -1.63. The van der Waals surface area contributed by atoms with Gasteiger partial charge < -0.3 is 19.7 Å². The molecule has 0 spiro atoms. The molecular weight excluding hydrogens is 388 g/mol. The molecule has 2 aliphatic rings. The van der Waals surface area contributed by atoms with Crippen LogP contribution in [0.25, 0.3) is 0 Å². The van der Waals surface area contributed by atoms with Crippen molar-refractivity contribution < 1.29 is 9.47 Å². The molecule has 174 valence electrons. The Morgan fingerprint density at radius 1 is 1.06 bits per heavy atom. The van der Waals surface area contributed by atoms with E-state index in [9.17, 15) is 0 Å². The SMILES string of the molecule is CN=C(NCc1cccc(CN2CCC(C)CC2)c1)N1CCC(OCCCOC)CC1. The highest BCUT2D eigenvalue weighted by molar-refractivity contribution is 5.79. The van der Waals surface area contributed by atoms with Crippen LogP contribution in [0.1, 0.15) is 50.2 Å². The monoisotopic (exact) mass is 430 g/mol. The zero-order valence-corrected chi connectivity index (χ0v) is 19.8. The molecule has 0 amide bonds. The lowest BCUT2D eigenvalue weighted by molar-refractivity contribution is 0.00989. The molecule has 0 aliphatic carbocycles. The number of hydrogen-bond acceptors (Lipinski definition) is 4. The van der Waals surface area contributed by atoms with Crippen LogP contribution < -0.4 is 5.32 Å². The summed E-state index contributed by atoms with van der Waals surface area (Å²) in [7, 11) is 3.62. The van der Waals surface area contributed by atoms with Gasteiger partial charge in [0.15, 0.2) is 5.96 Å². The van der Waals surface area contributed by atoms with E-state index < -0.39 is 0 Å². The van der Waals surface area contributed by atoms with Gasteiger partial charge in [-0.25, -0.2) is 0 Å². The van der Waals surface area contributed by atoms with Gasteiger partial charge in [0, 0.05) is 53.6 Å². The average Bonchev–Trinajstić information content (AvgIpc) is 2.80. The maximum absolute atomic E-state index is 5.99. The van der Waals surface area contributed by atoms with Gasteiger partial charge in [0.05, 0.1) is 6.10 Å². The average molecular weight is 431 g/mol. The van der Waals surface area contributed by atoms with E-state index in [0.717, 1.165) is 70.5 Å². The largest absolute Gasteiger partial charge is 0.385 e. The number of nitrogens with one attached hydrogen (secondary N) is 1. The molecule has 2 heterocycles. The predicted octanol–water partition coefficient (Wildman–Crippen LogP) is 3.51. The second-order valence-corrected chi connectivity index (χ2v) is 9.08. The molecule has 0 bridgehead atoms. The van der Waals surface area contributed by atoms with Crippen molar-refractivity contribution in [2.45, 2.75) is 58.2 Å². The van der Waals surface area contributed by atoms with Gasteiger partial charge in [-0.15, -0.1) is 0 Å². The highest BCUT2D eigenvalue weighted by Gasteiger charge is 2.22. The van der Waals surface area contributed by atoms with Crippen molar-refractivity contribution >= 4 is 5.96 Å². The number of nitrogens with zero attached hydrogens (tertiary/aromatic N) is 3. The number of benzene rings is 1. The van der Waals surface area contributed by atoms with Gasteiger partial charge in [-0.1, -0.05) is 31.2 Å². The molecular formula is C25H42N4O2. The molecule has 2 saturated heterocycles. The molecule has 1 aromatic rings. The Kier molecular flexibility index (Phi) is 10.1. The molecule has 0 radical (unpaired) electrons. The van der Waals surface area contributed by atoms with Crippen molar-refractivity contribution in [2.75, 3.05) is 53.6 Å². The van der Waals surface area contributed by atoms with Gasteiger partial charge in [0.25, 0.3) is 0 Å². The van der Waals surface area contributed by atoms with Gasteiger partial charge >= 0.3 is 0 Å². The topological polar surface area (TPSA) is 49.3 Å². The molecule has 2 aliphatic heterocycles. The molecule has 6 nitrogen and oxygen atoms in total. The minimum absolute atomic E-state index is 0.362. The molecule has 31 heavy (non-hydrogen) atoms. The van der Waals surface area contributed by atoms with Crippen molar-refractivity contribution in [1.29, 1.82) is 0 Å². The summed E-state index contributed by atoms with van der Waals surface area (Å²) in [6.07, 6.45) is 6.09. The molecule has 2 fully saturated rings. The third-order valence-electron chi connectivity index (χ3n) is 6.52. The van der Waals surface area contributed by atoms with Crippen molar-refractivity contribution in [3.8, 4) is 0 Å². The fourth-order valence-electron chi connectivity index (χ4n) is 4.52. The molecule has 0 atom stereocenters. The number of likely N-dealkylation sites (tertiary alicyclic amines) is 2. The first-order valence-electron chi connectivity index (χ1n) is 12.0. The number of piperidine rings is 2. The summed E-state index contributed by atoms with van der Waals surface area (Å²) >= 11 is 0. The van der Waals surface area contributed by atoms with E-state index >= 15 is 0 Å². The van der Waals surface area contributed by atoms with Crippen LogP contribution in [-0.4, -0.2) is 75.4 Å². The van der Waals surface area contributed by atoms with Crippen LogP contribution in [0.15, 0.2) is 29.3 Å². The minimum atomic E-state index is 0.362. The number of ether oxygens (including phenoxy) is 2. The van der Waals surface area contributed by atoms with Gasteiger partial charge in [0.1, 0.15) is 0 Å². The summed E-state index contributed by atoms with van der Waals surface area (Å²) in [5.41, 5.74) is 2.73. The predicted molar refractivity (Wildman–Crippen MR) is 127 cm³/mol. The van der Waals surface area contributed by atoms with E-state index in [1.165, 1.54) is 37.1 Å². The van der Waals surface area contributed by atoms with Crippen molar-refractivity contribution in [1.82, 2.24) is 15.1 Å². The molecule has 0 unspecified atom stereocenters. The highest BCUT2D eigenvalue weighted by Crippen LogP contribution is 2.19. The van der Waals surface area contributed by atoms with Crippen LogP contribution in [0.2, 0.25) is 0 Å². The Morgan fingerprint density at radius 3 is 2.52 bits per heavy atom. The normalized spacial score (nSPS) is 19.7. The molecule has 0 aromatic heterocycles. The number of methoxy groups -OCH3 is 1. The van der Waals surface area contributed by atoms with Crippen LogP contribution in [-0.2, 0) is 22.6 Å². The van der Waals surface area contributed by atoms with E-state index in [-0.39, 0.29) is 0 Å². The second kappa shape index (κ2) is 13.0. The summed E-state index contributed by atoms with van der Waals surface area (Å²) in [5, 5.41) is 3.57. The lowest BCUT2D eigenvalue weighted by atomic mass is 9.98. The van der Waals surface area contributed by atoms with Gasteiger partial charge in [-0.05, 0) is 62.2 Å². The molecule has 0 saturated carbocycles. The Labute approximate surface area is 189 Å². The van der Waals surface area contributed by atoms with Crippen LogP contribution in [0, 0.1) is 5.92 Å². The first-order chi connectivity index (χ1) is 15.2. The quantitative estimate of drug-likeness (QED) is 0.369. The summed E-state index contributed by atoms with van der Waals surface area (Å²) in [6, 6.07) is 9.00. The number of guanidine groups is 1. The third-order valence-corrected chi connectivity index (χ3v) is 6.52. The Bertz CT molecular complexity index is 665. The van der Waals surface area contributed by atoms with Crippen LogP contribution in [0.5, 0.6) is 0 Å². The molecule has 1 aromatic carbocycles. The first kappa shape index (κ1) is 24.0. The first-order valence-corrected chi connectivity index (χ1v) is 12.0. The van der Waals surface area contributed by atoms with Crippen LogP contribution in [0.3, 0.4) is 0 Å². The summed E-state index contributed by atoms with van der Waals surface area (Å²) in [6.45, 7) is 10.2. The standard InChI is InChI=1S/C25H42N4O2/c1-21-8-12-28(13-9-21)20-23-7-4-6-22(18-23)19-27-25(26-2)29-14-10-24(11-15-29)31-17-5-16-30-3/h4,6-7,18,21,24H,5,8-17,19-20H2,1-3H3,(H,26,27). The maximum Gasteiger partial charge on any atom is 0.193 e. The van der Waals surface area contributed by atoms with Gasteiger partial charge in [-0.3, -0.25) is 9.89 Å². The fourth-order valence-corrected chi connectivity index (χ4v) is 4.52. The lowest BCUT2D eigenvalue weighted by Gasteiger charge is -2.34. The zero-order valence-electron chi connectivity index (χ0n) is 19.8. The van der Waals surface area contributed by atoms with Crippen LogP contribution in [0.4, 0.5) is 0 Å². The van der Waals surface area contributed by atoms with E-state index in [2.05, 4.69) is 51.3 Å². The van der Waals surface area contributed by atoms with Crippen LogP contribution >= 0.6 is 0 Å². The number of rotatable bonds is 9. The van der Waals surface area contributed by atoms with E-state index in [1.807, 2.05) is 7.05 Å². The lowest BCUT2D eigenvalue weighted by Crippen LogP contribution is -2.46. The summed E-state index contributed by atoms with van der Waals surface area (Å²) < 4.78 is 11.1. The van der Waals surface area contributed by atoms with E-state index in [1.54, 1.807) is 7.11 Å². The van der Waals surface area contributed by atoms with Crippen molar-refractivity contribution in [3.05, 3.63) is 35.4 Å². The van der Waals surface area contributed by atoms with Crippen molar-refractivity contribution in [2.24, 2.45) is 10.9 Å². The van der Waals surface area contributed by atoms with Gasteiger partial charge in [0.2, 0.25) is 0 Å². The minimum Gasteiger partial charge on any atom is -0.385 e. The van der Waals surface area contributed by atoms with Gasteiger partial charge in [-0.2, -0.15) is 0 Å². The third kappa shape index (κ3) is 8.09. The summed E-state index contributed by atoms with van der Waals surface area (Å²) in [4.78, 5) is 9.47. The van der Waals surface area contributed by atoms with E-state index in [0.29, 0.717) is 6.10 Å². The summed E-state index contributed by atoms with van der Waals surface area (Å²) in [5.74, 6) is 1.87. The Morgan fingerprint density at radius 2 is 1.81 bits per heavy atom. The molecule has 6 heteroatoms. The fraction of sp³-hybridized carbons (Fsp3) is 0.720. The number of hydrogen-bond donors (Lipinski definition) is 1. The maximum atomic E-state index is 5.99. The second-order valence-electron chi connectivity index (χ2n) is 9.08. The molecule has 1 N–H and O–H groups in total. The van der Waals surface area contributed by atoms with Crippen molar-refractivity contribution in [3.63, 3.8) is 0 Å². The molecule has 3 rings (SSSR count). The van der Waals surface area contributed by atoms with E-state index in [4.69, 9.17) is 9.47 Å². The Balaban J connectivity index is 1.41.